The summed E-state index contributed by atoms with van der Waals surface area (Å²) < 4.78 is 0. The molecule has 1 unspecified atom stereocenters. The molecule has 15 heavy (non-hydrogen) atoms. The first kappa shape index (κ1) is 11.7. The van der Waals surface area contributed by atoms with Crippen LogP contribution in [0.25, 0.3) is 0 Å². The Morgan fingerprint density at radius 2 is 2.33 bits per heavy atom. The van der Waals surface area contributed by atoms with Crippen LogP contribution in [0.1, 0.15) is 36.6 Å². The molecule has 0 aromatic carbocycles. The fourth-order valence-electron chi connectivity index (χ4n) is 1.52. The highest BCUT2D eigenvalue weighted by atomic mass is 16.4. The van der Waals surface area contributed by atoms with Crippen molar-refractivity contribution >= 4 is 5.97 Å². The lowest BCUT2D eigenvalue weighted by molar-refractivity contribution is -0.139. The molecule has 5 nitrogen and oxygen atoms in total. The Morgan fingerprint density at radius 3 is 2.80 bits per heavy atom. The maximum absolute atomic E-state index is 10.9. The van der Waals surface area contributed by atoms with Crippen molar-refractivity contribution in [3.05, 3.63) is 17.2 Å². The highest BCUT2D eigenvalue weighted by Gasteiger charge is 2.21. The second-order valence-electron chi connectivity index (χ2n) is 3.50. The molecule has 0 aliphatic rings. The number of carboxylic acid groups (broad SMARTS) is 1. The number of aromatic amines is 1. The van der Waals surface area contributed by atoms with Gasteiger partial charge in [-0.2, -0.15) is 0 Å². The van der Waals surface area contributed by atoms with Crippen LogP contribution in [0.4, 0.5) is 0 Å². The quantitative estimate of drug-likeness (QED) is 0.679. The predicted octanol–water partition coefficient (Wildman–Crippen LogP) is 1.02. The van der Waals surface area contributed by atoms with Gasteiger partial charge in [-0.25, -0.2) is 4.98 Å². The molecule has 0 saturated carbocycles. The van der Waals surface area contributed by atoms with Crippen molar-refractivity contribution in [3.8, 4) is 0 Å². The van der Waals surface area contributed by atoms with E-state index in [1.165, 1.54) is 0 Å². The van der Waals surface area contributed by atoms with Gasteiger partial charge < -0.3 is 15.4 Å². The van der Waals surface area contributed by atoms with Crippen molar-refractivity contribution in [1.82, 2.24) is 15.3 Å². The highest BCUT2D eigenvalue weighted by molar-refractivity contribution is 5.74. The molecule has 1 aromatic heterocycles. The standard InChI is InChI=1S/C10H17N3O2/c1-4-5-7-6(2)12-9(13-7)8(11-3)10(14)15/h8,11H,4-5H2,1-3H3,(H,12,13)(H,14,15). The Hall–Kier alpha value is -1.36. The van der Waals surface area contributed by atoms with Crippen LogP contribution in [-0.4, -0.2) is 28.1 Å². The van der Waals surface area contributed by atoms with Crippen LogP contribution in [-0.2, 0) is 11.2 Å². The molecule has 0 aliphatic carbocycles. The molecule has 5 heteroatoms. The molecule has 0 saturated heterocycles. The molecular weight excluding hydrogens is 194 g/mol. The van der Waals surface area contributed by atoms with Crippen LogP contribution in [0.3, 0.4) is 0 Å². The number of aromatic nitrogens is 2. The summed E-state index contributed by atoms with van der Waals surface area (Å²) in [5, 5.41) is 11.6. The molecule has 0 aliphatic heterocycles. The monoisotopic (exact) mass is 211 g/mol. The van der Waals surface area contributed by atoms with Gasteiger partial charge in [0.25, 0.3) is 0 Å². The van der Waals surface area contributed by atoms with Gasteiger partial charge in [-0.1, -0.05) is 13.3 Å². The average Bonchev–Trinajstić information content (AvgIpc) is 2.49. The lowest BCUT2D eigenvalue weighted by Crippen LogP contribution is -2.26. The molecule has 0 amide bonds. The number of nitrogens with zero attached hydrogens (tertiary/aromatic N) is 1. The zero-order chi connectivity index (χ0) is 11.4. The van der Waals surface area contributed by atoms with E-state index in [1.54, 1.807) is 7.05 Å². The van der Waals surface area contributed by atoms with Crippen LogP contribution in [0, 0.1) is 6.92 Å². The van der Waals surface area contributed by atoms with Gasteiger partial charge in [0.1, 0.15) is 5.82 Å². The molecule has 0 bridgehead atoms. The summed E-state index contributed by atoms with van der Waals surface area (Å²) >= 11 is 0. The van der Waals surface area contributed by atoms with Crippen molar-refractivity contribution in [1.29, 1.82) is 0 Å². The molecular formula is C10H17N3O2. The predicted molar refractivity (Wildman–Crippen MR) is 56.8 cm³/mol. The summed E-state index contributed by atoms with van der Waals surface area (Å²) in [7, 11) is 1.61. The minimum Gasteiger partial charge on any atom is -0.480 e. The number of rotatable bonds is 5. The van der Waals surface area contributed by atoms with Crippen molar-refractivity contribution < 1.29 is 9.90 Å². The third-order valence-corrected chi connectivity index (χ3v) is 2.30. The second-order valence-corrected chi connectivity index (χ2v) is 3.50. The van der Waals surface area contributed by atoms with Crippen LogP contribution in [0.15, 0.2) is 0 Å². The highest BCUT2D eigenvalue weighted by Crippen LogP contribution is 2.13. The molecule has 1 rings (SSSR count). The summed E-state index contributed by atoms with van der Waals surface area (Å²) in [5.41, 5.74) is 1.90. The minimum atomic E-state index is -0.922. The first-order chi connectivity index (χ1) is 7.10. The molecule has 0 fully saturated rings. The number of likely N-dealkylation sites (N-methyl/N-ethyl adjacent to an activating group) is 1. The van der Waals surface area contributed by atoms with E-state index >= 15 is 0 Å². The number of carbonyl (C=O) groups is 1. The first-order valence-electron chi connectivity index (χ1n) is 5.05. The molecule has 0 spiro atoms. The number of aryl methyl sites for hydroxylation is 2. The van der Waals surface area contributed by atoms with E-state index in [4.69, 9.17) is 5.11 Å². The SMILES string of the molecule is CCCc1nc(C(NC)C(=O)O)[nH]c1C. The van der Waals surface area contributed by atoms with Crippen molar-refractivity contribution in [2.24, 2.45) is 0 Å². The normalized spacial score (nSPS) is 12.7. The summed E-state index contributed by atoms with van der Waals surface area (Å²) in [4.78, 5) is 18.2. The number of carboxylic acids is 1. The number of hydrogen-bond donors (Lipinski definition) is 3. The van der Waals surface area contributed by atoms with E-state index in [9.17, 15) is 4.79 Å². The molecule has 1 heterocycles. The van der Waals surface area contributed by atoms with E-state index in [0.29, 0.717) is 5.82 Å². The Bertz CT molecular complexity index is 346. The van der Waals surface area contributed by atoms with E-state index in [0.717, 1.165) is 24.2 Å². The van der Waals surface area contributed by atoms with Crippen molar-refractivity contribution in [2.45, 2.75) is 32.7 Å². The number of hydrogen-bond acceptors (Lipinski definition) is 3. The zero-order valence-corrected chi connectivity index (χ0v) is 9.29. The van der Waals surface area contributed by atoms with Crippen molar-refractivity contribution in [3.63, 3.8) is 0 Å². The largest absolute Gasteiger partial charge is 0.480 e. The summed E-state index contributed by atoms with van der Waals surface area (Å²) in [6, 6.07) is -0.755. The van der Waals surface area contributed by atoms with Crippen LogP contribution in [0.2, 0.25) is 0 Å². The fourth-order valence-corrected chi connectivity index (χ4v) is 1.52. The molecule has 3 N–H and O–H groups in total. The Labute approximate surface area is 88.9 Å². The topological polar surface area (TPSA) is 78.0 Å². The molecule has 1 atom stereocenters. The average molecular weight is 211 g/mol. The minimum absolute atomic E-state index is 0.478. The van der Waals surface area contributed by atoms with Gasteiger partial charge >= 0.3 is 5.97 Å². The second kappa shape index (κ2) is 4.93. The summed E-state index contributed by atoms with van der Waals surface area (Å²) in [6.07, 6.45) is 1.88. The van der Waals surface area contributed by atoms with Gasteiger partial charge in [0.2, 0.25) is 0 Å². The van der Waals surface area contributed by atoms with Gasteiger partial charge in [-0.15, -0.1) is 0 Å². The van der Waals surface area contributed by atoms with Crippen LogP contribution in [0.5, 0.6) is 0 Å². The van der Waals surface area contributed by atoms with E-state index < -0.39 is 12.0 Å². The maximum atomic E-state index is 10.9. The van der Waals surface area contributed by atoms with Crippen molar-refractivity contribution in [2.75, 3.05) is 7.05 Å². The number of H-pyrrole nitrogens is 1. The van der Waals surface area contributed by atoms with Gasteiger partial charge in [-0.05, 0) is 20.4 Å². The van der Waals surface area contributed by atoms with E-state index in [-0.39, 0.29) is 0 Å². The van der Waals surface area contributed by atoms with Crippen LogP contribution < -0.4 is 5.32 Å². The summed E-state index contributed by atoms with van der Waals surface area (Å²) in [5.74, 6) is -0.444. The van der Waals surface area contributed by atoms with E-state index in [2.05, 4.69) is 22.2 Å². The van der Waals surface area contributed by atoms with Gasteiger partial charge in [0.15, 0.2) is 6.04 Å². The van der Waals surface area contributed by atoms with Gasteiger partial charge in [0.05, 0.1) is 5.69 Å². The first-order valence-corrected chi connectivity index (χ1v) is 5.05. The van der Waals surface area contributed by atoms with Crippen LogP contribution >= 0.6 is 0 Å². The van der Waals surface area contributed by atoms with Gasteiger partial charge in [-0.3, -0.25) is 4.79 Å². The lowest BCUT2D eigenvalue weighted by Gasteiger charge is -2.06. The zero-order valence-electron chi connectivity index (χ0n) is 9.29. The van der Waals surface area contributed by atoms with Gasteiger partial charge in [0, 0.05) is 5.69 Å². The van der Waals surface area contributed by atoms with E-state index in [1.807, 2.05) is 6.92 Å². The number of aliphatic carboxylic acids is 1. The number of nitrogens with one attached hydrogen (secondary N) is 2. The molecule has 84 valence electrons. The third kappa shape index (κ3) is 2.56. The third-order valence-electron chi connectivity index (χ3n) is 2.30. The number of imidazole rings is 1. The smallest absolute Gasteiger partial charge is 0.328 e. The fraction of sp³-hybridized carbons (Fsp3) is 0.600. The lowest BCUT2D eigenvalue weighted by atomic mass is 10.2. The summed E-state index contributed by atoms with van der Waals surface area (Å²) in [6.45, 7) is 3.98. The maximum Gasteiger partial charge on any atom is 0.328 e. The molecule has 0 radical (unpaired) electrons. The Kier molecular flexibility index (Phi) is 3.85. The Balaban J connectivity index is 2.94. The Morgan fingerprint density at radius 1 is 1.67 bits per heavy atom. The molecule has 1 aromatic rings.